The zero-order chi connectivity index (χ0) is 20.6. The van der Waals surface area contributed by atoms with Crippen LogP contribution in [0, 0.1) is 46.3 Å². The summed E-state index contributed by atoms with van der Waals surface area (Å²) in [4.78, 5) is 12.3. The largest absolute Gasteiger partial charge is 0.357 e. The summed E-state index contributed by atoms with van der Waals surface area (Å²) < 4.78 is 6.24. The summed E-state index contributed by atoms with van der Waals surface area (Å²) in [5.41, 5.74) is 0.768. The number of ketones is 1. The number of carbonyl (C=O) groups is 1. The fraction of sp³-hybridized carbons (Fsp3) is 0.963. The minimum absolute atomic E-state index is 0.0344. The summed E-state index contributed by atoms with van der Waals surface area (Å²) in [7, 11) is 0. The highest BCUT2D eigenvalue weighted by molar-refractivity contribution is 5.88. The Labute approximate surface area is 178 Å². The molecule has 4 saturated carbocycles. The Morgan fingerprint density at radius 2 is 1.76 bits per heavy atom. The lowest BCUT2D eigenvalue weighted by atomic mass is 9.44. The first-order valence-electron chi connectivity index (χ1n) is 12.9. The van der Waals surface area contributed by atoms with Crippen molar-refractivity contribution < 1.29 is 9.53 Å². The second kappa shape index (κ2) is 6.81. The molecule has 0 N–H and O–H groups in total. The van der Waals surface area contributed by atoms with Crippen LogP contribution in [-0.4, -0.2) is 17.5 Å². The van der Waals surface area contributed by atoms with Gasteiger partial charge in [-0.3, -0.25) is 4.79 Å². The highest BCUT2D eigenvalue weighted by Crippen LogP contribution is 2.73. The molecule has 0 aromatic heterocycles. The van der Waals surface area contributed by atoms with Gasteiger partial charge < -0.3 is 4.74 Å². The molecule has 0 radical (unpaired) electrons. The lowest BCUT2D eigenvalue weighted by Crippen LogP contribution is -2.58. The fourth-order valence-corrected chi connectivity index (χ4v) is 9.52. The summed E-state index contributed by atoms with van der Waals surface area (Å²) in [6.07, 6.45) is 14.3. The Bertz CT molecular complexity index is 669. The van der Waals surface area contributed by atoms with Crippen molar-refractivity contribution in [3.8, 4) is 0 Å². The van der Waals surface area contributed by atoms with E-state index in [1.807, 2.05) is 0 Å². The van der Waals surface area contributed by atoms with E-state index in [4.69, 9.17) is 4.74 Å². The smallest absolute Gasteiger partial charge is 0.164 e. The maximum atomic E-state index is 12.3. The molecule has 4 aliphatic carbocycles. The molecule has 29 heavy (non-hydrogen) atoms. The molecule has 0 unspecified atom stereocenters. The van der Waals surface area contributed by atoms with Crippen molar-refractivity contribution in [2.75, 3.05) is 0 Å². The van der Waals surface area contributed by atoms with Gasteiger partial charge in [0.05, 0.1) is 0 Å². The molecular formula is C27H44O2. The molecule has 1 spiro atoms. The summed E-state index contributed by atoms with van der Waals surface area (Å²) in [5, 5.41) is 0. The number of Topliss-reactive ketones (excluding diaryl/α,β-unsaturated/α-hetero) is 1. The Hall–Kier alpha value is -0.370. The van der Waals surface area contributed by atoms with Gasteiger partial charge in [0.2, 0.25) is 0 Å². The molecule has 2 heteroatoms. The van der Waals surface area contributed by atoms with Crippen LogP contribution in [0.15, 0.2) is 0 Å². The normalized spacial score (nSPS) is 51.8. The van der Waals surface area contributed by atoms with Crippen molar-refractivity contribution in [2.45, 2.75) is 117 Å². The van der Waals surface area contributed by atoms with Crippen LogP contribution >= 0.6 is 0 Å². The number of hydrogen-bond acceptors (Lipinski definition) is 2. The maximum Gasteiger partial charge on any atom is 0.164 e. The predicted octanol–water partition coefficient (Wildman–Crippen LogP) is 6.81. The number of carbonyl (C=O) groups excluding carboxylic acids is 1. The van der Waals surface area contributed by atoms with Gasteiger partial charge in [-0.15, -0.1) is 0 Å². The standard InChI is InChI=1S/C27H44O2/c1-17(2)7-6-8-18(3)20-9-10-21-19-11-16-27-24(29-27)23(28)13-15-26(27,5)22(19)12-14-25(20,21)4/h17-22,24H,6-16H2,1-5H3/t18-,19-,20+,21-,22-,24-,25-,26-,27-/m1/s1. The monoisotopic (exact) mass is 400 g/mol. The average Bonchev–Trinajstić information content (AvgIpc) is 3.31. The molecule has 0 bridgehead atoms. The molecular weight excluding hydrogens is 356 g/mol. The van der Waals surface area contributed by atoms with E-state index in [9.17, 15) is 4.79 Å². The maximum absolute atomic E-state index is 12.3. The molecule has 0 aromatic rings. The molecule has 164 valence electrons. The molecule has 5 aliphatic rings. The molecule has 5 fully saturated rings. The molecule has 1 saturated heterocycles. The lowest BCUT2D eigenvalue weighted by Gasteiger charge is -2.59. The first-order valence-corrected chi connectivity index (χ1v) is 12.9. The summed E-state index contributed by atoms with van der Waals surface area (Å²) in [6, 6.07) is 0. The molecule has 0 aromatic carbocycles. The SMILES string of the molecule is CC(C)CCC[C@@H](C)[C@@H]1CC[C@@H]2[C@H]3CC[C@@]45O[C@@H]4C(=O)CC[C@]5(C)[C@@H]3CC[C@@]21C. The van der Waals surface area contributed by atoms with Crippen molar-refractivity contribution in [2.24, 2.45) is 46.3 Å². The van der Waals surface area contributed by atoms with Gasteiger partial charge in [0.1, 0.15) is 11.7 Å². The van der Waals surface area contributed by atoms with Crippen LogP contribution in [-0.2, 0) is 9.53 Å². The number of fused-ring (bicyclic) bond motifs is 4. The fourth-order valence-electron chi connectivity index (χ4n) is 9.52. The first-order chi connectivity index (χ1) is 13.7. The Balaban J connectivity index is 1.32. The molecule has 5 rings (SSSR count). The van der Waals surface area contributed by atoms with Crippen LogP contribution in [0.3, 0.4) is 0 Å². The Kier molecular flexibility index (Phi) is 4.82. The van der Waals surface area contributed by atoms with Crippen LogP contribution in [0.4, 0.5) is 0 Å². The zero-order valence-corrected chi connectivity index (χ0v) is 19.6. The van der Waals surface area contributed by atoms with Crippen LogP contribution in [0.1, 0.15) is 105 Å². The van der Waals surface area contributed by atoms with Crippen LogP contribution in [0.5, 0.6) is 0 Å². The summed E-state index contributed by atoms with van der Waals surface area (Å²) in [5.74, 6) is 5.66. The first kappa shape index (κ1) is 20.5. The van der Waals surface area contributed by atoms with E-state index in [0.29, 0.717) is 11.2 Å². The van der Waals surface area contributed by atoms with Crippen molar-refractivity contribution in [1.29, 1.82) is 0 Å². The van der Waals surface area contributed by atoms with E-state index in [0.717, 1.165) is 54.8 Å². The van der Waals surface area contributed by atoms with E-state index in [-0.39, 0.29) is 17.1 Å². The number of epoxide rings is 1. The molecule has 2 nitrogen and oxygen atoms in total. The third-order valence-corrected chi connectivity index (χ3v) is 11.2. The van der Waals surface area contributed by atoms with Gasteiger partial charge in [-0.25, -0.2) is 0 Å². The van der Waals surface area contributed by atoms with Crippen LogP contribution in [0.25, 0.3) is 0 Å². The highest BCUT2D eigenvalue weighted by atomic mass is 16.6. The van der Waals surface area contributed by atoms with Gasteiger partial charge in [-0.2, -0.15) is 0 Å². The van der Waals surface area contributed by atoms with Crippen LogP contribution < -0.4 is 0 Å². The van der Waals surface area contributed by atoms with Crippen molar-refractivity contribution in [3.05, 3.63) is 0 Å². The summed E-state index contributed by atoms with van der Waals surface area (Å²) in [6.45, 7) is 12.5. The van der Waals surface area contributed by atoms with Crippen molar-refractivity contribution in [1.82, 2.24) is 0 Å². The third kappa shape index (κ3) is 2.79. The zero-order valence-electron chi connectivity index (χ0n) is 19.6. The Morgan fingerprint density at radius 3 is 2.52 bits per heavy atom. The molecule has 1 aliphatic heterocycles. The van der Waals surface area contributed by atoms with E-state index < -0.39 is 0 Å². The third-order valence-electron chi connectivity index (χ3n) is 11.2. The van der Waals surface area contributed by atoms with Gasteiger partial charge in [-0.05, 0) is 85.9 Å². The second-order valence-electron chi connectivity index (χ2n) is 12.7. The number of ether oxygens (including phenoxy) is 1. The van der Waals surface area contributed by atoms with Crippen LogP contribution in [0.2, 0.25) is 0 Å². The Morgan fingerprint density at radius 1 is 0.966 bits per heavy atom. The van der Waals surface area contributed by atoms with Crippen molar-refractivity contribution >= 4 is 5.78 Å². The van der Waals surface area contributed by atoms with E-state index >= 15 is 0 Å². The second-order valence-corrected chi connectivity index (χ2v) is 12.7. The van der Waals surface area contributed by atoms with Crippen molar-refractivity contribution in [3.63, 3.8) is 0 Å². The number of rotatable bonds is 5. The summed E-state index contributed by atoms with van der Waals surface area (Å²) >= 11 is 0. The molecule has 0 amide bonds. The van der Waals surface area contributed by atoms with Gasteiger partial charge in [0.15, 0.2) is 5.78 Å². The quantitative estimate of drug-likeness (QED) is 0.474. The lowest BCUT2D eigenvalue weighted by molar-refractivity contribution is -0.132. The average molecular weight is 401 g/mol. The molecule has 1 heterocycles. The van der Waals surface area contributed by atoms with Gasteiger partial charge in [0, 0.05) is 11.8 Å². The highest BCUT2D eigenvalue weighted by Gasteiger charge is 2.76. The van der Waals surface area contributed by atoms with E-state index in [1.165, 1.54) is 51.4 Å². The predicted molar refractivity (Wildman–Crippen MR) is 118 cm³/mol. The van der Waals surface area contributed by atoms with Gasteiger partial charge >= 0.3 is 0 Å². The topological polar surface area (TPSA) is 29.6 Å². The van der Waals surface area contributed by atoms with E-state index in [2.05, 4.69) is 34.6 Å². The van der Waals surface area contributed by atoms with E-state index in [1.54, 1.807) is 0 Å². The minimum atomic E-state index is -0.0562. The number of hydrogen-bond donors (Lipinski definition) is 0. The van der Waals surface area contributed by atoms with Gasteiger partial charge in [0.25, 0.3) is 0 Å². The molecule has 9 atom stereocenters. The minimum Gasteiger partial charge on any atom is -0.357 e. The van der Waals surface area contributed by atoms with Gasteiger partial charge in [-0.1, -0.05) is 53.9 Å².